The third-order valence-corrected chi connectivity index (χ3v) is 8.49. The molecule has 0 heterocycles. The molecule has 0 aliphatic heterocycles. The lowest BCUT2D eigenvalue weighted by molar-refractivity contribution is -0.139. The molecule has 0 aromatic heterocycles. The van der Waals surface area contributed by atoms with E-state index in [0.717, 1.165) is 5.56 Å². The predicted molar refractivity (Wildman–Crippen MR) is 233 cm³/mol. The SMILES string of the molecule is CNC[C@H](O)c1ccc(O)c(O)c1.NCCc1ccc(O)c(O)c1.NC[C@H](O)c1ccc(O)c(O)c1.N[C@@H](Cc1ccc(O)c(O)c1)C(=O)O.N[C@@H](Cc1ccc(O)c(O)c1)C(=O)O. The van der Waals surface area contributed by atoms with Crippen molar-refractivity contribution in [1.29, 1.82) is 0 Å². The number of likely N-dealkylation sites (N-methyl/N-ethyl adjacent to an activating group) is 1. The summed E-state index contributed by atoms with van der Waals surface area (Å²) in [7, 11) is 1.73. The number of nitrogens with one attached hydrogen (secondary N) is 1. The number of carbonyl (C=O) groups is 2. The standard InChI is InChI=1S/2C9H11NO4.C9H13NO3.C8H11NO3.C8H11NO2/c2*10-6(9(13)14)3-5-1-2-7(11)8(12)4-5;1-10-5-9(13)6-2-3-7(11)8(12)4-6;9-4-8(12)5-1-2-6(10)7(11)3-5;9-4-3-6-1-2-7(10)8(11)5-6/h2*1-2,4,6,11-12H,3,10H2,(H,13,14);2-4,9-13H,5H2,1H3;1-3,8,10-12H,4,9H2;1-2,5,10-11H,3-4,9H2/t2*6-;9-;8-;/m0000./s1. The summed E-state index contributed by atoms with van der Waals surface area (Å²) in [6.45, 7) is 1.04. The highest BCUT2D eigenvalue weighted by molar-refractivity contribution is 5.74. The van der Waals surface area contributed by atoms with Crippen LogP contribution in [0.15, 0.2) is 91.0 Å². The molecule has 64 heavy (non-hydrogen) atoms. The summed E-state index contributed by atoms with van der Waals surface area (Å²) in [4.78, 5) is 20.8. The van der Waals surface area contributed by atoms with Gasteiger partial charge in [-0.3, -0.25) is 9.59 Å². The van der Waals surface area contributed by atoms with Crippen LogP contribution in [0, 0.1) is 0 Å². The van der Waals surface area contributed by atoms with Crippen LogP contribution < -0.4 is 28.3 Å². The highest BCUT2D eigenvalue weighted by Crippen LogP contribution is 2.29. The van der Waals surface area contributed by atoms with Crippen molar-refractivity contribution in [2.75, 3.05) is 26.7 Å². The largest absolute Gasteiger partial charge is 0.504 e. The third-order valence-electron chi connectivity index (χ3n) is 8.49. The van der Waals surface area contributed by atoms with Crippen molar-refractivity contribution in [3.63, 3.8) is 0 Å². The Kier molecular flexibility index (Phi) is 23.7. The van der Waals surface area contributed by atoms with Crippen LogP contribution in [0.4, 0.5) is 0 Å². The van der Waals surface area contributed by atoms with Gasteiger partial charge in [0.2, 0.25) is 0 Å². The first-order valence-electron chi connectivity index (χ1n) is 19.0. The van der Waals surface area contributed by atoms with Gasteiger partial charge in [-0.1, -0.05) is 30.3 Å². The van der Waals surface area contributed by atoms with E-state index in [1.165, 1.54) is 78.9 Å². The minimum absolute atomic E-state index is 0.0871. The topological polar surface area (TPSA) is 433 Å². The highest BCUT2D eigenvalue weighted by atomic mass is 16.4. The number of aliphatic hydroxyl groups excluding tert-OH is 2. The van der Waals surface area contributed by atoms with Crippen molar-refractivity contribution in [2.45, 2.75) is 43.6 Å². The fourth-order valence-corrected chi connectivity index (χ4v) is 4.91. The molecule has 21 heteroatoms. The summed E-state index contributed by atoms with van der Waals surface area (Å²) >= 11 is 0. The highest BCUT2D eigenvalue weighted by Gasteiger charge is 2.14. The summed E-state index contributed by atoms with van der Waals surface area (Å²) in [5, 5.41) is 129. The number of phenols is 10. The second-order valence-electron chi connectivity index (χ2n) is 13.6. The normalized spacial score (nSPS) is 12.1. The van der Waals surface area contributed by atoms with Crippen molar-refractivity contribution in [3.8, 4) is 57.5 Å². The molecular formula is C43H57N5O16. The van der Waals surface area contributed by atoms with Gasteiger partial charge in [-0.05, 0) is 121 Å². The van der Waals surface area contributed by atoms with Crippen molar-refractivity contribution >= 4 is 11.9 Å². The van der Waals surface area contributed by atoms with Crippen LogP contribution in [0.5, 0.6) is 57.5 Å². The van der Waals surface area contributed by atoms with E-state index in [4.69, 9.17) is 84.2 Å². The van der Waals surface area contributed by atoms with E-state index in [2.05, 4.69) is 5.32 Å². The quantitative estimate of drug-likeness (QED) is 0.0737. The lowest BCUT2D eigenvalue weighted by atomic mass is 10.1. The molecule has 0 spiro atoms. The number of benzene rings is 5. The molecule has 0 unspecified atom stereocenters. The van der Waals surface area contributed by atoms with Crippen molar-refractivity contribution < 1.29 is 81.1 Å². The average Bonchev–Trinajstić information content (AvgIpc) is 3.24. The summed E-state index contributed by atoms with van der Waals surface area (Å²) in [5.41, 5.74) is 24.2. The number of rotatable bonds is 13. The number of aliphatic carboxylic acids is 2. The van der Waals surface area contributed by atoms with E-state index in [1.54, 1.807) is 19.2 Å². The Bertz CT molecular complexity index is 2160. The maximum atomic E-state index is 10.4. The van der Waals surface area contributed by atoms with Crippen LogP contribution in [0.25, 0.3) is 0 Å². The summed E-state index contributed by atoms with van der Waals surface area (Å²) in [6, 6.07) is 19.3. The van der Waals surface area contributed by atoms with Crippen LogP contribution >= 0.6 is 0 Å². The van der Waals surface area contributed by atoms with Crippen molar-refractivity contribution in [1.82, 2.24) is 5.32 Å². The zero-order chi connectivity index (χ0) is 48.7. The second kappa shape index (κ2) is 27.7. The van der Waals surface area contributed by atoms with Crippen LogP contribution in [-0.4, -0.2) is 122 Å². The van der Waals surface area contributed by atoms with E-state index in [1.807, 2.05) is 0 Å². The predicted octanol–water partition coefficient (Wildman–Crippen LogP) is 1.14. The number of aliphatic hydroxyl groups is 2. The molecule has 0 fully saturated rings. The van der Waals surface area contributed by atoms with Crippen LogP contribution in [0.3, 0.4) is 0 Å². The van der Waals surface area contributed by atoms with E-state index >= 15 is 0 Å². The van der Waals surface area contributed by atoms with E-state index < -0.39 is 36.2 Å². The maximum absolute atomic E-state index is 10.4. The first-order valence-corrected chi connectivity index (χ1v) is 19.0. The Labute approximate surface area is 367 Å². The fourth-order valence-electron chi connectivity index (χ4n) is 4.91. The molecule has 23 N–H and O–H groups in total. The number of carboxylic acid groups (broad SMARTS) is 2. The lowest BCUT2D eigenvalue weighted by Gasteiger charge is -2.10. The van der Waals surface area contributed by atoms with E-state index in [0.29, 0.717) is 41.8 Å². The summed E-state index contributed by atoms with van der Waals surface area (Å²) in [5.74, 6) is -4.26. The molecule has 350 valence electrons. The molecule has 0 saturated carbocycles. The zero-order valence-electron chi connectivity index (χ0n) is 34.6. The molecule has 4 atom stereocenters. The molecule has 21 nitrogen and oxygen atoms in total. The van der Waals surface area contributed by atoms with E-state index in [-0.39, 0.29) is 76.9 Å². The first-order chi connectivity index (χ1) is 30.0. The Morgan fingerprint density at radius 3 is 1.09 bits per heavy atom. The molecule has 0 amide bonds. The molecule has 5 aromatic rings. The third kappa shape index (κ3) is 19.6. The smallest absolute Gasteiger partial charge is 0.320 e. The van der Waals surface area contributed by atoms with Crippen LogP contribution in [0.1, 0.15) is 40.0 Å². The monoisotopic (exact) mass is 899 g/mol. The van der Waals surface area contributed by atoms with Crippen molar-refractivity contribution in [3.05, 3.63) is 119 Å². The van der Waals surface area contributed by atoms with Gasteiger partial charge in [-0.15, -0.1) is 0 Å². The van der Waals surface area contributed by atoms with Gasteiger partial charge in [-0.25, -0.2) is 0 Å². The Morgan fingerprint density at radius 1 is 0.484 bits per heavy atom. The first kappa shape index (κ1) is 54.8. The maximum Gasteiger partial charge on any atom is 0.320 e. The average molecular weight is 900 g/mol. The fraction of sp³-hybridized carbons (Fsp3) is 0.256. The van der Waals surface area contributed by atoms with Gasteiger partial charge in [0.1, 0.15) is 12.1 Å². The van der Waals surface area contributed by atoms with Gasteiger partial charge in [-0.2, -0.15) is 0 Å². The minimum Gasteiger partial charge on any atom is -0.504 e. The molecule has 5 rings (SSSR count). The Morgan fingerprint density at radius 2 is 0.797 bits per heavy atom. The van der Waals surface area contributed by atoms with Gasteiger partial charge >= 0.3 is 11.9 Å². The van der Waals surface area contributed by atoms with Gasteiger partial charge in [0, 0.05) is 13.1 Å². The van der Waals surface area contributed by atoms with Gasteiger partial charge in [0.25, 0.3) is 0 Å². The van der Waals surface area contributed by atoms with Crippen LogP contribution in [0.2, 0.25) is 0 Å². The van der Waals surface area contributed by atoms with Gasteiger partial charge in [0.05, 0.1) is 12.2 Å². The van der Waals surface area contributed by atoms with Gasteiger partial charge < -0.3 is 99.7 Å². The Balaban J connectivity index is 0.000000401. The number of phenolic OH excluding ortho intramolecular Hbond substituents is 10. The Hall–Kier alpha value is -7.24. The summed E-state index contributed by atoms with van der Waals surface area (Å²) in [6.07, 6.45) is -0.520. The number of aromatic hydroxyl groups is 10. The molecule has 0 aliphatic rings. The number of hydrogen-bond donors (Lipinski definition) is 19. The number of hydrogen-bond acceptors (Lipinski definition) is 19. The zero-order valence-corrected chi connectivity index (χ0v) is 34.6. The molecule has 0 bridgehead atoms. The minimum atomic E-state index is -1.10. The van der Waals surface area contributed by atoms with Gasteiger partial charge in [0.15, 0.2) is 57.5 Å². The van der Waals surface area contributed by atoms with E-state index in [9.17, 15) is 19.8 Å². The molecule has 0 saturated heterocycles. The van der Waals surface area contributed by atoms with Crippen LogP contribution in [-0.2, 0) is 28.9 Å². The lowest BCUT2D eigenvalue weighted by Crippen LogP contribution is -2.32. The molecule has 0 radical (unpaired) electrons. The molecule has 5 aromatic carbocycles. The number of carboxylic acids is 2. The molecule has 0 aliphatic carbocycles. The van der Waals surface area contributed by atoms with Crippen molar-refractivity contribution in [2.24, 2.45) is 22.9 Å². The molecular weight excluding hydrogens is 842 g/mol. The summed E-state index contributed by atoms with van der Waals surface area (Å²) < 4.78 is 0. The number of nitrogens with two attached hydrogens (primary N) is 4. The second-order valence-corrected chi connectivity index (χ2v) is 13.6.